The Labute approximate surface area is 180 Å². The SMILES string of the molecule is O=C(NCCN1CCCCC1)c1cc(-c2ccccc2Cl)nn1-c1ccc(F)cc1. The van der Waals surface area contributed by atoms with Crippen LogP contribution in [0.25, 0.3) is 16.9 Å². The molecule has 1 N–H and O–H groups in total. The Hall–Kier alpha value is -2.70. The van der Waals surface area contributed by atoms with Crippen molar-refractivity contribution in [3.8, 4) is 16.9 Å². The van der Waals surface area contributed by atoms with Crippen LogP contribution in [0.1, 0.15) is 29.8 Å². The van der Waals surface area contributed by atoms with Crippen molar-refractivity contribution in [2.75, 3.05) is 26.2 Å². The molecule has 4 rings (SSSR count). The third-order valence-corrected chi connectivity index (χ3v) is 5.65. The van der Waals surface area contributed by atoms with Gasteiger partial charge in [-0.3, -0.25) is 4.79 Å². The summed E-state index contributed by atoms with van der Waals surface area (Å²) in [4.78, 5) is 15.4. The number of halogens is 2. The van der Waals surface area contributed by atoms with Gasteiger partial charge < -0.3 is 10.2 Å². The maximum absolute atomic E-state index is 13.4. The number of rotatable bonds is 6. The van der Waals surface area contributed by atoms with Crippen LogP contribution < -0.4 is 5.32 Å². The Morgan fingerprint density at radius 1 is 1.07 bits per heavy atom. The molecule has 0 unspecified atom stereocenters. The summed E-state index contributed by atoms with van der Waals surface area (Å²) in [7, 11) is 0. The second-order valence-corrected chi connectivity index (χ2v) is 7.85. The van der Waals surface area contributed by atoms with Crippen LogP contribution in [-0.4, -0.2) is 46.8 Å². The minimum absolute atomic E-state index is 0.220. The molecule has 0 aliphatic carbocycles. The number of nitrogens with one attached hydrogen (secondary N) is 1. The number of benzene rings is 2. The molecule has 5 nitrogen and oxygen atoms in total. The van der Waals surface area contributed by atoms with Crippen molar-refractivity contribution in [1.29, 1.82) is 0 Å². The molecule has 1 amide bonds. The van der Waals surface area contributed by atoms with E-state index in [0.717, 1.165) is 25.2 Å². The maximum atomic E-state index is 13.4. The molecular formula is C23H24ClFN4O. The average molecular weight is 427 g/mol. The minimum atomic E-state index is -0.343. The van der Waals surface area contributed by atoms with Crippen molar-refractivity contribution >= 4 is 17.5 Å². The predicted octanol–water partition coefficient (Wildman–Crippen LogP) is 4.55. The Balaban J connectivity index is 1.58. The molecule has 156 valence electrons. The van der Waals surface area contributed by atoms with Crippen LogP contribution in [0.3, 0.4) is 0 Å². The first-order chi connectivity index (χ1) is 14.6. The molecule has 0 spiro atoms. The second-order valence-electron chi connectivity index (χ2n) is 7.44. The van der Waals surface area contributed by atoms with Crippen molar-refractivity contribution in [1.82, 2.24) is 20.0 Å². The van der Waals surface area contributed by atoms with E-state index in [1.54, 1.807) is 24.3 Å². The summed E-state index contributed by atoms with van der Waals surface area (Å²) in [5.74, 6) is -0.563. The van der Waals surface area contributed by atoms with Gasteiger partial charge in [-0.2, -0.15) is 5.10 Å². The normalized spacial score (nSPS) is 14.6. The lowest BCUT2D eigenvalue weighted by atomic mass is 10.1. The van der Waals surface area contributed by atoms with E-state index in [9.17, 15) is 9.18 Å². The van der Waals surface area contributed by atoms with Gasteiger partial charge in [0.2, 0.25) is 0 Å². The first-order valence-corrected chi connectivity index (χ1v) is 10.6. The Morgan fingerprint density at radius 3 is 2.53 bits per heavy atom. The molecule has 0 saturated carbocycles. The van der Waals surface area contributed by atoms with Crippen LogP contribution >= 0.6 is 11.6 Å². The highest BCUT2D eigenvalue weighted by atomic mass is 35.5. The van der Waals surface area contributed by atoms with Crippen LogP contribution in [0, 0.1) is 5.82 Å². The van der Waals surface area contributed by atoms with Gasteiger partial charge in [-0.05, 0) is 62.3 Å². The Kier molecular flexibility index (Phi) is 6.45. The molecule has 1 aromatic heterocycles. The Bertz CT molecular complexity index is 1010. The maximum Gasteiger partial charge on any atom is 0.270 e. The average Bonchev–Trinajstić information content (AvgIpc) is 3.20. The van der Waals surface area contributed by atoms with Crippen LogP contribution in [0.15, 0.2) is 54.6 Å². The van der Waals surface area contributed by atoms with E-state index < -0.39 is 0 Å². The quantitative estimate of drug-likeness (QED) is 0.629. The van der Waals surface area contributed by atoms with Gasteiger partial charge in [0.1, 0.15) is 11.5 Å². The van der Waals surface area contributed by atoms with Gasteiger partial charge >= 0.3 is 0 Å². The smallest absolute Gasteiger partial charge is 0.270 e. The van der Waals surface area contributed by atoms with E-state index in [1.807, 2.05) is 18.2 Å². The predicted molar refractivity (Wildman–Crippen MR) is 117 cm³/mol. The number of carbonyl (C=O) groups is 1. The number of hydrogen-bond donors (Lipinski definition) is 1. The number of aromatic nitrogens is 2. The van der Waals surface area contributed by atoms with Crippen LogP contribution in [0.4, 0.5) is 4.39 Å². The lowest BCUT2D eigenvalue weighted by molar-refractivity contribution is 0.0939. The van der Waals surface area contributed by atoms with Crippen molar-refractivity contribution in [2.45, 2.75) is 19.3 Å². The fraction of sp³-hybridized carbons (Fsp3) is 0.304. The van der Waals surface area contributed by atoms with Gasteiger partial charge in [0.25, 0.3) is 5.91 Å². The van der Waals surface area contributed by atoms with Crippen molar-refractivity contribution in [3.63, 3.8) is 0 Å². The fourth-order valence-corrected chi connectivity index (χ4v) is 3.96. The zero-order valence-corrected chi connectivity index (χ0v) is 17.4. The van der Waals surface area contributed by atoms with E-state index in [4.69, 9.17) is 11.6 Å². The monoisotopic (exact) mass is 426 g/mol. The standard InChI is InChI=1S/C23H24ClFN4O/c24-20-7-3-2-6-19(20)21-16-22(29(27-21)18-10-8-17(25)9-11-18)23(30)26-12-15-28-13-4-1-5-14-28/h2-3,6-11,16H,1,4-5,12-15H2,(H,26,30). The largest absolute Gasteiger partial charge is 0.349 e. The van der Waals surface area contributed by atoms with Crippen molar-refractivity contribution < 1.29 is 9.18 Å². The van der Waals surface area contributed by atoms with Gasteiger partial charge in [0.05, 0.1) is 16.4 Å². The molecule has 30 heavy (non-hydrogen) atoms. The summed E-state index contributed by atoms with van der Waals surface area (Å²) in [6.07, 6.45) is 3.71. The molecule has 0 bridgehead atoms. The van der Waals surface area contributed by atoms with Gasteiger partial charge in [0.15, 0.2) is 0 Å². The zero-order valence-electron chi connectivity index (χ0n) is 16.7. The van der Waals surface area contributed by atoms with Gasteiger partial charge in [-0.15, -0.1) is 0 Å². The summed E-state index contributed by atoms with van der Waals surface area (Å²) in [5.41, 5.74) is 2.32. The first kappa shape index (κ1) is 20.6. The second kappa shape index (κ2) is 9.41. The molecule has 1 fully saturated rings. The number of carbonyl (C=O) groups excluding carboxylic acids is 1. The van der Waals surface area contributed by atoms with E-state index in [1.165, 1.54) is 36.1 Å². The third kappa shape index (κ3) is 4.71. The Morgan fingerprint density at radius 2 is 1.80 bits per heavy atom. The number of hydrogen-bond acceptors (Lipinski definition) is 3. The minimum Gasteiger partial charge on any atom is -0.349 e. The molecule has 1 aliphatic heterocycles. The molecule has 3 aromatic rings. The molecule has 1 aliphatic rings. The molecule has 2 heterocycles. The third-order valence-electron chi connectivity index (χ3n) is 5.33. The zero-order chi connectivity index (χ0) is 20.9. The number of amides is 1. The number of likely N-dealkylation sites (tertiary alicyclic amines) is 1. The summed E-state index contributed by atoms with van der Waals surface area (Å²) in [5, 5.41) is 8.15. The summed E-state index contributed by atoms with van der Waals surface area (Å²) >= 11 is 6.33. The highest BCUT2D eigenvalue weighted by molar-refractivity contribution is 6.33. The molecule has 7 heteroatoms. The van der Waals surface area contributed by atoms with Gasteiger partial charge in [0, 0.05) is 18.7 Å². The lowest BCUT2D eigenvalue weighted by Gasteiger charge is -2.26. The van der Waals surface area contributed by atoms with Crippen LogP contribution in [0.5, 0.6) is 0 Å². The number of piperidine rings is 1. The van der Waals surface area contributed by atoms with E-state index in [-0.39, 0.29) is 11.7 Å². The lowest BCUT2D eigenvalue weighted by Crippen LogP contribution is -2.38. The van der Waals surface area contributed by atoms with Crippen molar-refractivity contribution in [3.05, 3.63) is 71.1 Å². The van der Waals surface area contributed by atoms with E-state index in [0.29, 0.717) is 28.6 Å². The molecule has 2 aromatic carbocycles. The van der Waals surface area contributed by atoms with Crippen LogP contribution in [0.2, 0.25) is 5.02 Å². The summed E-state index contributed by atoms with van der Waals surface area (Å²) in [6, 6.07) is 15.0. The van der Waals surface area contributed by atoms with Gasteiger partial charge in [-0.25, -0.2) is 9.07 Å². The topological polar surface area (TPSA) is 50.2 Å². The highest BCUT2D eigenvalue weighted by Gasteiger charge is 2.19. The molecular weight excluding hydrogens is 403 g/mol. The molecule has 0 atom stereocenters. The van der Waals surface area contributed by atoms with E-state index >= 15 is 0 Å². The summed E-state index contributed by atoms with van der Waals surface area (Å²) in [6.45, 7) is 3.56. The highest BCUT2D eigenvalue weighted by Crippen LogP contribution is 2.28. The van der Waals surface area contributed by atoms with Crippen molar-refractivity contribution in [2.24, 2.45) is 0 Å². The molecule has 1 saturated heterocycles. The van der Waals surface area contributed by atoms with E-state index in [2.05, 4.69) is 15.3 Å². The van der Waals surface area contributed by atoms with Gasteiger partial charge in [-0.1, -0.05) is 36.2 Å². The van der Waals surface area contributed by atoms with Crippen LogP contribution in [-0.2, 0) is 0 Å². The molecule has 0 radical (unpaired) electrons. The number of nitrogens with zero attached hydrogens (tertiary/aromatic N) is 3. The fourth-order valence-electron chi connectivity index (χ4n) is 3.72. The first-order valence-electron chi connectivity index (χ1n) is 10.2. The summed E-state index contributed by atoms with van der Waals surface area (Å²) < 4.78 is 14.9.